The van der Waals surface area contributed by atoms with Crippen molar-refractivity contribution >= 4 is 12.4 Å². The molecule has 1 aromatic rings. The average molecular weight is 316 g/mol. The lowest BCUT2D eigenvalue weighted by Crippen LogP contribution is -2.37. The fourth-order valence-corrected chi connectivity index (χ4v) is 1.69. The first-order valence-electron chi connectivity index (χ1n) is 5.74. The van der Waals surface area contributed by atoms with Gasteiger partial charge < -0.3 is 10.8 Å². The molecule has 0 radical (unpaired) electrons. The zero-order valence-electron chi connectivity index (χ0n) is 11.3. The van der Waals surface area contributed by atoms with Crippen LogP contribution in [0.1, 0.15) is 37.9 Å². The molecule has 2 atom stereocenters. The highest BCUT2D eigenvalue weighted by Gasteiger charge is 2.34. The van der Waals surface area contributed by atoms with Gasteiger partial charge in [0.05, 0.1) is 17.7 Å². The maximum absolute atomic E-state index is 13.2. The summed E-state index contributed by atoms with van der Waals surface area (Å²) in [5.41, 5.74) is 3.91. The summed E-state index contributed by atoms with van der Waals surface area (Å²) in [5, 5.41) is 9.96. The van der Waals surface area contributed by atoms with Crippen molar-refractivity contribution < 1.29 is 22.7 Å². The molecule has 0 amide bonds. The van der Waals surface area contributed by atoms with E-state index in [1.165, 1.54) is 0 Å². The summed E-state index contributed by atoms with van der Waals surface area (Å²) in [6.07, 6.45) is -5.74. The summed E-state index contributed by atoms with van der Waals surface area (Å²) in [6, 6.07) is 0.994. The summed E-state index contributed by atoms with van der Waals surface area (Å²) >= 11 is 0. The zero-order chi connectivity index (χ0) is 15.0. The van der Waals surface area contributed by atoms with E-state index in [1.54, 1.807) is 20.8 Å². The third-order valence-electron chi connectivity index (χ3n) is 2.86. The smallest absolute Gasteiger partial charge is 0.391 e. The molecule has 0 aliphatic rings. The molecule has 0 heterocycles. The van der Waals surface area contributed by atoms with Gasteiger partial charge in [-0.05, 0) is 29.2 Å². The van der Waals surface area contributed by atoms with E-state index in [2.05, 4.69) is 0 Å². The van der Waals surface area contributed by atoms with Crippen molar-refractivity contribution in [3.63, 3.8) is 0 Å². The minimum atomic E-state index is -4.65. The summed E-state index contributed by atoms with van der Waals surface area (Å²) in [7, 11) is 0. The molecule has 2 nitrogen and oxygen atoms in total. The van der Waals surface area contributed by atoms with Crippen LogP contribution in [0.15, 0.2) is 18.2 Å². The Morgan fingerprint density at radius 1 is 1.10 bits per heavy atom. The van der Waals surface area contributed by atoms with Gasteiger partial charge in [-0.2, -0.15) is 13.2 Å². The topological polar surface area (TPSA) is 46.2 Å². The molecule has 1 rings (SSSR count). The van der Waals surface area contributed by atoms with Gasteiger partial charge in [-0.3, -0.25) is 0 Å². The normalized spacial score (nSPS) is 15.4. The highest BCUT2D eigenvalue weighted by molar-refractivity contribution is 5.85. The molecule has 1 aromatic carbocycles. The third kappa shape index (κ3) is 4.61. The molecular formula is C13H18ClF4NO. The summed E-state index contributed by atoms with van der Waals surface area (Å²) < 4.78 is 51.0. The Hall–Kier alpha value is -0.850. The molecule has 0 unspecified atom stereocenters. The van der Waals surface area contributed by atoms with E-state index in [0.717, 1.165) is 12.1 Å². The van der Waals surface area contributed by atoms with Gasteiger partial charge in [0, 0.05) is 0 Å². The number of nitrogens with two attached hydrogens (primary N) is 1. The number of benzene rings is 1. The highest BCUT2D eigenvalue weighted by Crippen LogP contribution is 2.34. The second-order valence-corrected chi connectivity index (χ2v) is 5.61. The van der Waals surface area contributed by atoms with Crippen molar-refractivity contribution in [1.29, 1.82) is 0 Å². The van der Waals surface area contributed by atoms with Crippen molar-refractivity contribution in [3.8, 4) is 0 Å². The average Bonchev–Trinajstić information content (AvgIpc) is 2.23. The van der Waals surface area contributed by atoms with Crippen LogP contribution in [-0.4, -0.2) is 11.2 Å². The number of hydrogen-bond acceptors (Lipinski definition) is 2. The van der Waals surface area contributed by atoms with Crippen LogP contribution in [0.3, 0.4) is 0 Å². The standard InChI is InChI=1S/C13H17F4NO.ClH/c1-12(2,3)11(19)10(18)7-4-8(13(15,16)17)6-9(14)5-7;/h4-6,10-11,19H,18H2,1-3H3;1H/t10-,11-;/m1./s1. The lowest BCUT2D eigenvalue weighted by Gasteiger charge is -2.31. The van der Waals surface area contributed by atoms with Crippen molar-refractivity contribution in [2.24, 2.45) is 11.1 Å². The Morgan fingerprint density at radius 3 is 2.00 bits per heavy atom. The fraction of sp³-hybridized carbons (Fsp3) is 0.538. The Balaban J connectivity index is 0.00000361. The van der Waals surface area contributed by atoms with Gasteiger partial charge in [-0.15, -0.1) is 12.4 Å². The third-order valence-corrected chi connectivity index (χ3v) is 2.86. The SMILES string of the molecule is CC(C)(C)[C@H](O)[C@H](N)c1cc(F)cc(C(F)(F)F)c1.Cl. The molecule has 0 aliphatic carbocycles. The van der Waals surface area contributed by atoms with Gasteiger partial charge in [-0.25, -0.2) is 4.39 Å². The Morgan fingerprint density at radius 2 is 1.60 bits per heavy atom. The molecule has 0 saturated heterocycles. The summed E-state index contributed by atoms with van der Waals surface area (Å²) in [4.78, 5) is 0. The monoisotopic (exact) mass is 315 g/mol. The number of alkyl halides is 3. The summed E-state index contributed by atoms with van der Waals surface area (Å²) in [6.45, 7) is 5.09. The summed E-state index contributed by atoms with van der Waals surface area (Å²) in [5.74, 6) is -1.03. The van der Waals surface area contributed by atoms with Crippen LogP contribution in [-0.2, 0) is 6.18 Å². The van der Waals surface area contributed by atoms with Gasteiger partial charge >= 0.3 is 6.18 Å². The van der Waals surface area contributed by atoms with Crippen LogP contribution in [0.25, 0.3) is 0 Å². The molecule has 0 bridgehead atoms. The van der Waals surface area contributed by atoms with Crippen molar-refractivity contribution in [2.45, 2.75) is 39.1 Å². The van der Waals surface area contributed by atoms with Crippen molar-refractivity contribution in [3.05, 3.63) is 35.1 Å². The van der Waals surface area contributed by atoms with E-state index in [1.807, 2.05) is 0 Å². The van der Waals surface area contributed by atoms with Crippen LogP contribution >= 0.6 is 12.4 Å². The van der Waals surface area contributed by atoms with Gasteiger partial charge in [0.1, 0.15) is 5.82 Å². The van der Waals surface area contributed by atoms with Gasteiger partial charge in [-0.1, -0.05) is 20.8 Å². The molecule has 3 N–H and O–H groups in total. The van der Waals surface area contributed by atoms with Crippen LogP contribution in [0.2, 0.25) is 0 Å². The van der Waals surface area contributed by atoms with Gasteiger partial charge in [0.2, 0.25) is 0 Å². The predicted octanol–water partition coefficient (Wildman–Crippen LogP) is 3.67. The Bertz CT molecular complexity index is 457. The second kappa shape index (κ2) is 6.28. The first kappa shape index (κ1) is 19.1. The Kier molecular flexibility index (Phi) is 6.02. The minimum Gasteiger partial charge on any atom is -0.391 e. The lowest BCUT2D eigenvalue weighted by atomic mass is 9.82. The van der Waals surface area contributed by atoms with Crippen molar-refractivity contribution in [2.75, 3.05) is 0 Å². The zero-order valence-corrected chi connectivity index (χ0v) is 12.1. The Labute approximate surface area is 121 Å². The number of aliphatic hydroxyl groups is 1. The molecule has 0 fully saturated rings. The quantitative estimate of drug-likeness (QED) is 0.818. The number of hydrogen-bond donors (Lipinski definition) is 2. The largest absolute Gasteiger partial charge is 0.416 e. The molecule has 0 aliphatic heterocycles. The van der Waals surface area contributed by atoms with Crippen LogP contribution in [0.4, 0.5) is 17.6 Å². The highest BCUT2D eigenvalue weighted by atomic mass is 35.5. The molecule has 0 spiro atoms. The first-order chi connectivity index (χ1) is 8.43. The predicted molar refractivity (Wildman–Crippen MR) is 71.0 cm³/mol. The number of halogens is 5. The molecule has 116 valence electrons. The molecular weight excluding hydrogens is 298 g/mol. The van der Waals surface area contributed by atoms with Crippen LogP contribution in [0, 0.1) is 11.2 Å². The van der Waals surface area contributed by atoms with E-state index in [9.17, 15) is 22.7 Å². The van der Waals surface area contributed by atoms with E-state index < -0.39 is 35.1 Å². The van der Waals surface area contributed by atoms with Gasteiger partial charge in [0.15, 0.2) is 0 Å². The molecule has 7 heteroatoms. The fourth-order valence-electron chi connectivity index (χ4n) is 1.69. The van der Waals surface area contributed by atoms with E-state index in [0.29, 0.717) is 6.07 Å². The number of aliphatic hydroxyl groups excluding tert-OH is 1. The first-order valence-corrected chi connectivity index (χ1v) is 5.74. The lowest BCUT2D eigenvalue weighted by molar-refractivity contribution is -0.137. The minimum absolute atomic E-state index is 0. The van der Waals surface area contributed by atoms with E-state index in [-0.39, 0.29) is 18.0 Å². The molecule has 0 aromatic heterocycles. The van der Waals surface area contributed by atoms with E-state index in [4.69, 9.17) is 5.73 Å². The second-order valence-electron chi connectivity index (χ2n) is 5.61. The maximum atomic E-state index is 13.2. The number of rotatable bonds is 2. The van der Waals surface area contributed by atoms with Gasteiger partial charge in [0.25, 0.3) is 0 Å². The maximum Gasteiger partial charge on any atom is 0.416 e. The molecule has 20 heavy (non-hydrogen) atoms. The van der Waals surface area contributed by atoms with Crippen molar-refractivity contribution in [1.82, 2.24) is 0 Å². The van der Waals surface area contributed by atoms with Crippen LogP contribution < -0.4 is 5.73 Å². The van der Waals surface area contributed by atoms with Crippen LogP contribution in [0.5, 0.6) is 0 Å². The van der Waals surface area contributed by atoms with E-state index >= 15 is 0 Å². The molecule has 0 saturated carbocycles.